The topological polar surface area (TPSA) is 112 Å². The van der Waals surface area contributed by atoms with Crippen LogP contribution in [0.5, 0.6) is 0 Å². The normalized spacial score (nSPS) is 13.5. The summed E-state index contributed by atoms with van der Waals surface area (Å²) in [5, 5.41) is 12.7. The van der Waals surface area contributed by atoms with Crippen LogP contribution in [0, 0.1) is 12.8 Å². The summed E-state index contributed by atoms with van der Waals surface area (Å²) in [5.41, 5.74) is 6.88. The molecule has 176 valence electrons. The molecule has 1 saturated carbocycles. The van der Waals surface area contributed by atoms with Gasteiger partial charge in [-0.15, -0.1) is 11.3 Å². The van der Waals surface area contributed by atoms with Gasteiger partial charge in [-0.2, -0.15) is 5.10 Å². The molecule has 6 aromatic heterocycles. The molecule has 1 aliphatic carbocycles. The third kappa shape index (κ3) is 3.64. The first-order chi connectivity index (χ1) is 17.6. The Hall–Kier alpha value is -4.37. The van der Waals surface area contributed by atoms with Crippen molar-refractivity contribution in [2.45, 2.75) is 19.8 Å². The summed E-state index contributed by atoms with van der Waals surface area (Å²) in [6.07, 6.45) is 10.9. The standard InChI is InChI=1S/C27H21N7OS/c1-14-2-5-25(36-14)20-11-29-12-23-18(20)7-22(32-23)26-19-8-21(30-13-24(19)33-34-26)16-6-17(10-28-9-16)31-27(35)15-3-4-15/h2,5-13,15,32H,3-4H2,1H3,(H,31,35)(H,33,34). The van der Waals surface area contributed by atoms with Crippen molar-refractivity contribution in [1.82, 2.24) is 30.1 Å². The fourth-order valence-corrected chi connectivity index (χ4v) is 5.36. The Morgan fingerprint density at radius 1 is 1.00 bits per heavy atom. The van der Waals surface area contributed by atoms with Crippen LogP contribution in [-0.4, -0.2) is 36.0 Å². The molecule has 0 aliphatic heterocycles. The Bertz CT molecular complexity index is 1780. The van der Waals surface area contributed by atoms with E-state index in [0.717, 1.165) is 62.9 Å². The first-order valence-electron chi connectivity index (χ1n) is 11.8. The van der Waals surface area contributed by atoms with E-state index in [0.29, 0.717) is 5.69 Å². The van der Waals surface area contributed by atoms with Crippen LogP contribution >= 0.6 is 11.3 Å². The minimum absolute atomic E-state index is 0.0554. The van der Waals surface area contributed by atoms with Crippen molar-refractivity contribution in [2.24, 2.45) is 5.92 Å². The second-order valence-corrected chi connectivity index (χ2v) is 10.4. The highest BCUT2D eigenvalue weighted by Gasteiger charge is 2.29. The van der Waals surface area contributed by atoms with Crippen molar-refractivity contribution >= 4 is 44.7 Å². The number of aryl methyl sites for hydroxylation is 1. The number of nitrogens with one attached hydrogen (secondary N) is 3. The van der Waals surface area contributed by atoms with Crippen molar-refractivity contribution in [1.29, 1.82) is 0 Å². The molecular formula is C27H21N7OS. The number of carbonyl (C=O) groups is 1. The predicted octanol–water partition coefficient (Wildman–Crippen LogP) is 5.95. The van der Waals surface area contributed by atoms with Crippen molar-refractivity contribution in [3.63, 3.8) is 0 Å². The number of fused-ring (bicyclic) bond motifs is 2. The minimum atomic E-state index is 0.0554. The van der Waals surface area contributed by atoms with Crippen LogP contribution in [0.3, 0.4) is 0 Å². The van der Waals surface area contributed by atoms with Crippen LogP contribution in [0.1, 0.15) is 17.7 Å². The molecule has 36 heavy (non-hydrogen) atoms. The zero-order valence-electron chi connectivity index (χ0n) is 19.4. The summed E-state index contributed by atoms with van der Waals surface area (Å²) in [6, 6.07) is 10.3. The van der Waals surface area contributed by atoms with Gasteiger partial charge >= 0.3 is 0 Å². The van der Waals surface area contributed by atoms with Crippen LogP contribution < -0.4 is 5.32 Å². The van der Waals surface area contributed by atoms with Crippen LogP contribution in [0.25, 0.3) is 54.9 Å². The van der Waals surface area contributed by atoms with Crippen LogP contribution in [0.15, 0.2) is 61.3 Å². The number of hydrogen-bond acceptors (Lipinski definition) is 6. The molecule has 1 aliphatic rings. The minimum Gasteiger partial charge on any atom is -0.352 e. The fourth-order valence-electron chi connectivity index (χ4n) is 4.47. The molecule has 0 atom stereocenters. The molecule has 3 N–H and O–H groups in total. The first kappa shape index (κ1) is 21.0. The van der Waals surface area contributed by atoms with E-state index < -0.39 is 0 Å². The van der Waals surface area contributed by atoms with E-state index >= 15 is 0 Å². The van der Waals surface area contributed by atoms with Gasteiger partial charge in [0.1, 0.15) is 5.69 Å². The number of aromatic amines is 2. The Kier molecular flexibility index (Phi) is 4.71. The van der Waals surface area contributed by atoms with Gasteiger partial charge in [0, 0.05) is 50.0 Å². The summed E-state index contributed by atoms with van der Waals surface area (Å²) in [7, 11) is 0. The third-order valence-electron chi connectivity index (χ3n) is 6.50. The molecule has 1 fully saturated rings. The summed E-state index contributed by atoms with van der Waals surface area (Å²) in [4.78, 5) is 31.5. The lowest BCUT2D eigenvalue weighted by Gasteiger charge is -2.06. The van der Waals surface area contributed by atoms with E-state index in [9.17, 15) is 4.79 Å². The van der Waals surface area contributed by atoms with Gasteiger partial charge < -0.3 is 10.3 Å². The molecule has 0 saturated heterocycles. The monoisotopic (exact) mass is 491 g/mol. The van der Waals surface area contributed by atoms with E-state index in [1.807, 2.05) is 24.5 Å². The number of rotatable bonds is 5. The van der Waals surface area contributed by atoms with Crippen molar-refractivity contribution in [2.75, 3.05) is 5.32 Å². The summed E-state index contributed by atoms with van der Waals surface area (Å²) >= 11 is 1.76. The molecular weight excluding hydrogens is 470 g/mol. The molecule has 6 heterocycles. The Balaban J connectivity index is 1.28. The molecule has 7 rings (SSSR count). The van der Waals surface area contributed by atoms with E-state index in [1.54, 1.807) is 29.9 Å². The maximum atomic E-state index is 12.2. The van der Waals surface area contributed by atoms with E-state index in [2.05, 4.69) is 60.6 Å². The maximum absolute atomic E-state index is 12.2. The summed E-state index contributed by atoms with van der Waals surface area (Å²) in [6.45, 7) is 2.11. The Labute approximate surface area is 209 Å². The summed E-state index contributed by atoms with van der Waals surface area (Å²) in [5.74, 6) is 0.187. The number of carbonyl (C=O) groups excluding carboxylic acids is 1. The van der Waals surface area contributed by atoms with E-state index in [4.69, 9.17) is 0 Å². The smallest absolute Gasteiger partial charge is 0.227 e. The molecule has 9 heteroatoms. The summed E-state index contributed by atoms with van der Waals surface area (Å²) < 4.78 is 0. The second kappa shape index (κ2) is 8.10. The highest BCUT2D eigenvalue weighted by Crippen LogP contribution is 2.36. The lowest BCUT2D eigenvalue weighted by Crippen LogP contribution is -2.13. The molecule has 0 aromatic carbocycles. The van der Waals surface area contributed by atoms with Crippen LogP contribution in [0.2, 0.25) is 0 Å². The predicted molar refractivity (Wildman–Crippen MR) is 142 cm³/mol. The number of pyridine rings is 3. The van der Waals surface area contributed by atoms with E-state index in [-0.39, 0.29) is 11.8 Å². The molecule has 0 radical (unpaired) electrons. The Morgan fingerprint density at radius 3 is 2.72 bits per heavy atom. The van der Waals surface area contributed by atoms with Gasteiger partial charge in [-0.25, -0.2) is 0 Å². The number of H-pyrrole nitrogens is 2. The molecule has 8 nitrogen and oxygen atoms in total. The molecule has 0 spiro atoms. The van der Waals surface area contributed by atoms with E-state index in [1.165, 1.54) is 9.75 Å². The van der Waals surface area contributed by atoms with Gasteiger partial charge in [-0.05, 0) is 50.1 Å². The van der Waals surface area contributed by atoms with Crippen molar-refractivity contribution < 1.29 is 4.79 Å². The third-order valence-corrected chi connectivity index (χ3v) is 7.54. The lowest BCUT2D eigenvalue weighted by molar-refractivity contribution is -0.117. The van der Waals surface area contributed by atoms with Gasteiger partial charge in [0.2, 0.25) is 5.91 Å². The van der Waals surface area contributed by atoms with Crippen LogP contribution in [-0.2, 0) is 4.79 Å². The zero-order valence-corrected chi connectivity index (χ0v) is 20.2. The quantitative estimate of drug-likeness (QED) is 0.276. The fraction of sp³-hybridized carbons (Fsp3) is 0.148. The zero-order chi connectivity index (χ0) is 24.2. The van der Waals surface area contributed by atoms with Gasteiger partial charge in [-0.3, -0.25) is 24.8 Å². The average Bonchev–Trinajstić information content (AvgIpc) is 3.30. The molecule has 0 bridgehead atoms. The van der Waals surface area contributed by atoms with Gasteiger partial charge in [0.25, 0.3) is 0 Å². The lowest BCUT2D eigenvalue weighted by atomic mass is 10.1. The average molecular weight is 492 g/mol. The number of aromatic nitrogens is 6. The highest BCUT2D eigenvalue weighted by atomic mass is 32.1. The molecule has 0 unspecified atom stereocenters. The largest absolute Gasteiger partial charge is 0.352 e. The number of thiophene rings is 1. The molecule has 6 aromatic rings. The number of amides is 1. The Morgan fingerprint density at radius 2 is 1.89 bits per heavy atom. The van der Waals surface area contributed by atoms with Gasteiger partial charge in [0.15, 0.2) is 0 Å². The van der Waals surface area contributed by atoms with Crippen molar-refractivity contribution in [3.8, 4) is 33.1 Å². The highest BCUT2D eigenvalue weighted by molar-refractivity contribution is 7.15. The van der Waals surface area contributed by atoms with Gasteiger partial charge in [-0.1, -0.05) is 0 Å². The first-order valence-corrected chi connectivity index (χ1v) is 12.6. The molecule has 1 amide bonds. The van der Waals surface area contributed by atoms with Crippen LogP contribution in [0.4, 0.5) is 5.69 Å². The van der Waals surface area contributed by atoms with Gasteiger partial charge in [0.05, 0.1) is 46.7 Å². The number of anilines is 1. The SMILES string of the molecule is Cc1ccc(-c2cncc3[nH]c(-c4n[nH]c5cnc(-c6cncc(NC(=O)C7CC7)c6)cc45)cc23)s1. The second-order valence-electron chi connectivity index (χ2n) is 9.15. The maximum Gasteiger partial charge on any atom is 0.227 e. The number of nitrogens with zero attached hydrogens (tertiary/aromatic N) is 4. The number of hydrogen-bond donors (Lipinski definition) is 3. The van der Waals surface area contributed by atoms with Crippen molar-refractivity contribution in [3.05, 3.63) is 66.2 Å².